The van der Waals surface area contributed by atoms with Gasteiger partial charge in [-0.25, -0.2) is 0 Å². The van der Waals surface area contributed by atoms with Crippen LogP contribution in [0.2, 0.25) is 0 Å². The Morgan fingerprint density at radius 1 is 0.462 bits per heavy atom. The van der Waals surface area contributed by atoms with Crippen molar-refractivity contribution in [1.82, 2.24) is 21.3 Å². The number of hydrogen-bond donors (Lipinski definition) is 4. The molecular weight excluding hydrogens is 1600 g/mol. The third kappa shape index (κ3) is 25.3. The normalized spacial score (nSPS) is 19.6. The van der Waals surface area contributed by atoms with Crippen molar-refractivity contribution in [3.8, 4) is 12.3 Å². The van der Waals surface area contributed by atoms with Crippen LogP contribution in [-0.2, 0) is 83.3 Å². The molecule has 6 aliphatic rings. The number of rotatable bonds is 27. The fraction of sp³-hybridized carbons (Fsp3) is 0.455. The van der Waals surface area contributed by atoms with Crippen molar-refractivity contribution in [2.24, 2.45) is 15.9 Å². The highest BCUT2D eigenvalue weighted by molar-refractivity contribution is 7.59. The predicted octanol–water partition coefficient (Wildman–Crippen LogP) is 13.1. The number of terminal acetylenes is 1. The van der Waals surface area contributed by atoms with E-state index >= 15 is 0 Å². The summed E-state index contributed by atoms with van der Waals surface area (Å²) < 4.78 is 106. The van der Waals surface area contributed by atoms with E-state index in [-0.39, 0.29) is 84.1 Å². The van der Waals surface area contributed by atoms with E-state index in [0.717, 1.165) is 87.0 Å². The number of azide groups is 1. The Morgan fingerprint density at radius 2 is 0.807 bits per heavy atom. The lowest BCUT2D eigenvalue weighted by molar-refractivity contribution is -0.437. The first-order valence-corrected chi connectivity index (χ1v) is 43.8. The molecule has 0 radical (unpaired) electrons. The second-order valence-corrected chi connectivity index (χ2v) is 32.8. The molecule has 2 unspecified atom stereocenters. The summed E-state index contributed by atoms with van der Waals surface area (Å²) in [5, 5.41) is 15.5. The molecule has 27 nitrogen and oxygen atoms in total. The Morgan fingerprint density at radius 3 is 1.15 bits per heavy atom. The molecule has 4 N–H and O–H groups in total. The van der Waals surface area contributed by atoms with Crippen molar-refractivity contribution in [3.63, 3.8) is 0 Å². The van der Waals surface area contributed by atoms with Crippen molar-refractivity contribution >= 4 is 100 Å². The lowest BCUT2D eigenvalue weighted by atomic mass is 9.70. The Labute approximate surface area is 706 Å². The standard InChI is InChI=1S/C44H57N7O2.C44H54N4O2.4O3S/c1-8-11-28-51-37-20-15-13-18-35(37)43(6,7)39(51)24-22-33-29-32(21-23-38-42(4,5)34-17-12-14-19-36(34)50(38)27-9-2)30-44(31-33,40(52)46-10-3)41(53)47-25-16-26-48-49-45;1-9-13-28-48-37-21-17-15-19-35(37)43(7,8)39(48)25-23-33-29-32(30-44(31-33,40(49)45-12-4)41(50)46-26-10-2)22-24-38-42(5,6)34-18-14-16-20-36(34)47(38)27-11-3;4*1-4(2)3/h12-15,17-24,29H,8-11,16,25-28,30-31H2,1-7H3,(H-,46,47,52,53);2,14-25,29H,9,11-13,26-28,30-31H2,1,3-8H3,(H-,45,46,49,50);;;;/p+2. The summed E-state index contributed by atoms with van der Waals surface area (Å²) in [6, 6.07) is 34.5. The number of carbonyl (C=O) groups excluding carboxylic acids is 4. The first-order chi connectivity index (χ1) is 56.3. The average molecular weight is 1710 g/mol. The quantitative estimate of drug-likeness (QED) is 0.00819. The second kappa shape index (κ2) is 45.8. The Kier molecular flexibility index (Phi) is 37.9. The van der Waals surface area contributed by atoms with Crippen LogP contribution in [0.4, 0.5) is 22.7 Å². The number of allylic oxidation sites excluding steroid dienone is 16. The van der Waals surface area contributed by atoms with Crippen LogP contribution in [0.15, 0.2) is 197 Å². The van der Waals surface area contributed by atoms with Gasteiger partial charge in [0.15, 0.2) is 11.4 Å². The number of anilines is 2. The fourth-order valence-electron chi connectivity index (χ4n) is 16.4. The second-order valence-electron chi connectivity index (χ2n) is 31.2. The first kappa shape index (κ1) is 98.5. The number of carbonyl (C=O) groups is 4. The highest BCUT2D eigenvalue weighted by Crippen LogP contribution is 2.51. The highest BCUT2D eigenvalue weighted by atomic mass is 32.2. The van der Waals surface area contributed by atoms with Gasteiger partial charge < -0.3 is 31.1 Å². The molecule has 31 heteroatoms. The number of unbranched alkanes of at least 4 members (excludes halogenated alkanes) is 2. The third-order valence-corrected chi connectivity index (χ3v) is 21.7. The van der Waals surface area contributed by atoms with E-state index in [1.165, 1.54) is 67.8 Å². The van der Waals surface area contributed by atoms with Crippen LogP contribution in [0.1, 0.15) is 190 Å². The van der Waals surface area contributed by atoms with Gasteiger partial charge in [0.05, 0.1) is 17.4 Å². The summed E-state index contributed by atoms with van der Waals surface area (Å²) in [5.41, 5.74) is 23.9. The SMILES string of the molecule is C#CCNC(=O)C1(C(=O)NCC)CC(=CC=C2N(CCCC)c3ccccc3C2(C)C)C=C(C=CC2=[N+](CCC)c3ccccc3C2(C)C)C1.CCCCN1C(=CC=C2C=C(C=CC3=[N+](CCC)c4ccccc4C3(C)C)CC(C(=O)NCC)(C(=O)NCCCN=[N+]=[N-])C2)C(C)(C)c2ccccc21.O=S(=O)=O.O=S(=O)=O.O=S(=O)=O.O=S(=O)=O. The maximum absolute atomic E-state index is 14.3. The minimum absolute atomic E-state index is 0.0627. The molecular formula is C88H113N11O16S4+2. The van der Waals surface area contributed by atoms with Gasteiger partial charge in [0.25, 0.3) is 0 Å². The number of nitrogens with one attached hydrogen (secondary N) is 4. The summed E-state index contributed by atoms with van der Waals surface area (Å²) in [7, 11) is -12.4. The highest BCUT2D eigenvalue weighted by Gasteiger charge is 2.52. The minimum atomic E-state index is -3.11. The van der Waals surface area contributed by atoms with Gasteiger partial charge >= 0.3 is 42.4 Å². The summed E-state index contributed by atoms with van der Waals surface area (Å²) in [6.07, 6.45) is 35.2. The Balaban J connectivity index is 0.000000359. The monoisotopic (exact) mass is 1710 g/mol. The molecule has 638 valence electrons. The van der Waals surface area contributed by atoms with Gasteiger partial charge in [0.1, 0.15) is 23.9 Å². The van der Waals surface area contributed by atoms with E-state index < -0.39 is 53.3 Å². The van der Waals surface area contributed by atoms with Crippen LogP contribution in [0, 0.1) is 23.2 Å². The minimum Gasteiger partial charge on any atom is -0.355 e. The van der Waals surface area contributed by atoms with Crippen LogP contribution in [-0.4, -0.2) is 154 Å². The lowest BCUT2D eigenvalue weighted by Crippen LogP contribution is -2.53. The third-order valence-electron chi connectivity index (χ3n) is 21.7. The summed E-state index contributed by atoms with van der Waals surface area (Å²) >= 11 is 0. The summed E-state index contributed by atoms with van der Waals surface area (Å²) in [5.74, 6) is 1.30. The number of hydrogen-bond acceptors (Lipinski definition) is 19. The molecule has 4 aromatic carbocycles. The van der Waals surface area contributed by atoms with E-state index in [1.807, 2.05) is 13.8 Å². The van der Waals surface area contributed by atoms with Crippen LogP contribution in [0.3, 0.4) is 0 Å². The lowest BCUT2D eigenvalue weighted by Gasteiger charge is -2.35. The fourth-order valence-corrected chi connectivity index (χ4v) is 16.4. The van der Waals surface area contributed by atoms with Gasteiger partial charge in [-0.3, -0.25) is 19.2 Å². The van der Waals surface area contributed by atoms with Gasteiger partial charge in [-0.15, -0.1) is 56.9 Å². The molecule has 4 aliphatic heterocycles. The Bertz CT molecular complexity index is 5200. The van der Waals surface area contributed by atoms with Crippen LogP contribution in [0.25, 0.3) is 10.4 Å². The zero-order chi connectivity index (χ0) is 88.6. The van der Waals surface area contributed by atoms with Crippen molar-refractivity contribution in [2.75, 3.05) is 68.7 Å². The largest absolute Gasteiger partial charge is 0.425 e. The molecule has 0 spiro atoms. The number of fused-ring (bicyclic) bond motifs is 4. The molecule has 2 atom stereocenters. The molecule has 0 bridgehead atoms. The van der Waals surface area contributed by atoms with Crippen LogP contribution >= 0.6 is 0 Å². The predicted molar refractivity (Wildman–Crippen MR) is 462 cm³/mol. The maximum Gasteiger partial charge on any atom is 0.425 e. The molecule has 4 aromatic rings. The molecule has 0 saturated carbocycles. The van der Waals surface area contributed by atoms with Crippen molar-refractivity contribution in [3.05, 3.63) is 224 Å². The molecule has 0 aromatic heterocycles. The number of nitrogens with zero attached hydrogens (tertiary/aromatic N) is 7. The average Bonchev–Trinajstić information content (AvgIpc) is 1.67. The summed E-state index contributed by atoms with van der Waals surface area (Å²) in [6.45, 7) is 35.9. The molecule has 10 rings (SSSR count). The van der Waals surface area contributed by atoms with Gasteiger partial charge in [0, 0.05) is 126 Å². The smallest absolute Gasteiger partial charge is 0.355 e. The van der Waals surface area contributed by atoms with Gasteiger partial charge in [-0.05, 0) is 150 Å². The van der Waals surface area contributed by atoms with Crippen LogP contribution < -0.4 is 31.1 Å². The van der Waals surface area contributed by atoms with Crippen LogP contribution in [0.5, 0.6) is 0 Å². The van der Waals surface area contributed by atoms with Gasteiger partial charge in [0.2, 0.25) is 35.0 Å². The molecule has 4 amide bonds. The van der Waals surface area contributed by atoms with Crippen molar-refractivity contribution in [2.45, 2.75) is 189 Å². The van der Waals surface area contributed by atoms with E-state index in [1.54, 1.807) is 0 Å². The molecule has 2 aliphatic carbocycles. The van der Waals surface area contributed by atoms with Crippen molar-refractivity contribution < 1.29 is 78.8 Å². The zero-order valence-electron chi connectivity index (χ0n) is 70.5. The van der Waals surface area contributed by atoms with Gasteiger partial charge in [-0.1, -0.05) is 189 Å². The van der Waals surface area contributed by atoms with E-state index in [2.05, 4.69) is 297 Å². The topological polar surface area (TPSA) is 382 Å². The first-order valence-electron chi connectivity index (χ1n) is 39.8. The zero-order valence-corrected chi connectivity index (χ0v) is 73.8. The van der Waals surface area contributed by atoms with Crippen molar-refractivity contribution in [1.29, 1.82) is 0 Å². The number of para-hydroxylation sites is 4. The van der Waals surface area contributed by atoms with E-state index in [9.17, 15) is 19.2 Å². The summed E-state index contributed by atoms with van der Waals surface area (Å²) in [4.78, 5) is 64.2. The Hall–Kier alpha value is -11.0. The number of benzene rings is 4. The van der Waals surface area contributed by atoms with E-state index in [4.69, 9.17) is 62.5 Å². The van der Waals surface area contributed by atoms with E-state index in [0.29, 0.717) is 26.1 Å². The molecule has 119 heavy (non-hydrogen) atoms. The molecule has 0 fully saturated rings. The molecule has 0 saturated heterocycles. The van der Waals surface area contributed by atoms with Gasteiger partial charge in [-0.2, -0.15) is 9.15 Å². The molecule has 4 heterocycles. The number of amides is 4. The maximum atomic E-state index is 14.3.